The molecule has 176 valence electrons. The smallest absolute Gasteiger partial charge is 0.364 e. The van der Waals surface area contributed by atoms with Crippen LogP contribution in [0.15, 0.2) is 37.0 Å². The number of pyridine rings is 1. The average Bonchev–Trinajstić information content (AvgIpc) is 3.02. The van der Waals surface area contributed by atoms with E-state index in [1.54, 1.807) is 0 Å². The topological polar surface area (TPSA) is 94.3 Å². The number of nitrogens with zero attached hydrogens (tertiary/aromatic N) is 1. The zero-order chi connectivity index (χ0) is 24.7. The van der Waals surface area contributed by atoms with Gasteiger partial charge in [-0.2, -0.15) is 13.2 Å². The molecule has 11 heteroatoms. The van der Waals surface area contributed by atoms with E-state index in [2.05, 4.69) is 16.9 Å². The number of nitrogens with one attached hydrogen (secondary N) is 1. The molecule has 1 aromatic heterocycles. The lowest BCUT2D eigenvalue weighted by atomic mass is 9.75. The van der Waals surface area contributed by atoms with Gasteiger partial charge in [-0.15, -0.1) is 0 Å². The van der Waals surface area contributed by atoms with Crippen LogP contribution in [0.1, 0.15) is 41.4 Å². The third kappa shape index (κ3) is 4.20. The molecule has 33 heavy (non-hydrogen) atoms. The third-order valence-corrected chi connectivity index (χ3v) is 5.94. The zero-order valence-corrected chi connectivity index (χ0v) is 17.5. The second kappa shape index (κ2) is 8.54. The van der Waals surface area contributed by atoms with E-state index in [0.717, 1.165) is 31.2 Å². The summed E-state index contributed by atoms with van der Waals surface area (Å²) in [5.41, 5.74) is 1.83. The van der Waals surface area contributed by atoms with Gasteiger partial charge in [0, 0.05) is 29.3 Å². The van der Waals surface area contributed by atoms with Crippen molar-refractivity contribution in [1.29, 1.82) is 0 Å². The summed E-state index contributed by atoms with van der Waals surface area (Å²) in [5.74, 6) is -7.05. The highest BCUT2D eigenvalue weighted by Gasteiger charge is 2.65. The SMILES string of the molecule is C=Cc1c([C@@H]2[C@H](C(=O)Nc3ccnc(C(N)=O)c3)O[C@@](C)(C(F)(F)F)[C@H]2C)ccc(F)c1F. The molecule has 3 rings (SSSR count). The van der Waals surface area contributed by atoms with Gasteiger partial charge in [-0.05, 0) is 30.7 Å². The van der Waals surface area contributed by atoms with Gasteiger partial charge in [0.25, 0.3) is 11.8 Å². The molecule has 6 nitrogen and oxygen atoms in total. The van der Waals surface area contributed by atoms with E-state index in [0.29, 0.717) is 0 Å². The van der Waals surface area contributed by atoms with Crippen molar-refractivity contribution in [2.75, 3.05) is 5.32 Å². The van der Waals surface area contributed by atoms with Crippen molar-refractivity contribution >= 4 is 23.6 Å². The molecule has 1 aliphatic heterocycles. The predicted octanol–water partition coefficient (Wildman–Crippen LogP) is 4.18. The van der Waals surface area contributed by atoms with E-state index in [4.69, 9.17) is 10.5 Å². The Morgan fingerprint density at radius 3 is 2.52 bits per heavy atom. The summed E-state index contributed by atoms with van der Waals surface area (Å²) in [6, 6.07) is 4.32. The number of benzene rings is 1. The predicted molar refractivity (Wildman–Crippen MR) is 109 cm³/mol. The fourth-order valence-corrected chi connectivity index (χ4v) is 3.96. The van der Waals surface area contributed by atoms with Gasteiger partial charge in [0.2, 0.25) is 0 Å². The van der Waals surface area contributed by atoms with Crippen LogP contribution in [0, 0.1) is 17.6 Å². The van der Waals surface area contributed by atoms with Crippen LogP contribution in [0.3, 0.4) is 0 Å². The van der Waals surface area contributed by atoms with Crippen LogP contribution in [0.5, 0.6) is 0 Å². The molecule has 0 radical (unpaired) electrons. The van der Waals surface area contributed by atoms with E-state index in [9.17, 15) is 31.5 Å². The fraction of sp³-hybridized carbons (Fsp3) is 0.318. The van der Waals surface area contributed by atoms with Crippen LogP contribution < -0.4 is 11.1 Å². The summed E-state index contributed by atoms with van der Waals surface area (Å²) in [6.45, 7) is 5.43. The van der Waals surface area contributed by atoms with Gasteiger partial charge in [-0.25, -0.2) is 8.78 Å². The van der Waals surface area contributed by atoms with E-state index in [-0.39, 0.29) is 22.5 Å². The van der Waals surface area contributed by atoms with Crippen LogP contribution in [0.2, 0.25) is 0 Å². The summed E-state index contributed by atoms with van der Waals surface area (Å²) in [6.07, 6.45) is -4.46. The first-order valence-electron chi connectivity index (χ1n) is 9.73. The molecule has 0 unspecified atom stereocenters. The van der Waals surface area contributed by atoms with Gasteiger partial charge >= 0.3 is 6.18 Å². The molecule has 1 aliphatic rings. The van der Waals surface area contributed by atoms with Gasteiger partial charge in [0.15, 0.2) is 17.2 Å². The van der Waals surface area contributed by atoms with Crippen molar-refractivity contribution in [2.45, 2.75) is 37.6 Å². The maximum absolute atomic E-state index is 14.4. The Bertz CT molecular complexity index is 1120. The Kier molecular flexibility index (Phi) is 6.29. The maximum Gasteiger partial charge on any atom is 0.417 e. The summed E-state index contributed by atoms with van der Waals surface area (Å²) < 4.78 is 75.3. The molecule has 1 aromatic carbocycles. The number of aromatic nitrogens is 1. The fourth-order valence-electron chi connectivity index (χ4n) is 3.96. The lowest BCUT2D eigenvalue weighted by Gasteiger charge is -2.32. The van der Waals surface area contributed by atoms with Gasteiger partial charge in [-0.1, -0.05) is 25.6 Å². The van der Waals surface area contributed by atoms with Crippen LogP contribution in [0.4, 0.5) is 27.6 Å². The van der Waals surface area contributed by atoms with E-state index < -0.39 is 53.2 Å². The van der Waals surface area contributed by atoms with Gasteiger partial charge in [0.05, 0.1) is 0 Å². The minimum atomic E-state index is -4.87. The van der Waals surface area contributed by atoms with Crippen LogP contribution in [-0.2, 0) is 9.53 Å². The van der Waals surface area contributed by atoms with Crippen molar-refractivity contribution < 1.29 is 36.3 Å². The minimum absolute atomic E-state index is 0.0358. The lowest BCUT2D eigenvalue weighted by molar-refractivity contribution is -0.272. The van der Waals surface area contributed by atoms with Gasteiger partial charge < -0.3 is 15.8 Å². The summed E-state index contributed by atoms with van der Waals surface area (Å²) in [5, 5.41) is 2.38. The average molecular weight is 469 g/mol. The maximum atomic E-state index is 14.4. The van der Waals surface area contributed by atoms with E-state index in [1.807, 2.05) is 0 Å². The number of hydrogen-bond acceptors (Lipinski definition) is 4. The standard InChI is InChI=1S/C22H20F5N3O3/c1-4-12-13(5-6-14(23)17(12)24)16-10(2)21(3,22(25,26)27)33-18(16)20(32)30-11-7-8-29-15(9-11)19(28)31/h4-10,16,18H,1H2,2-3H3,(H2,28,31)(H,29,30,32)/t10-,16+,18+,21+/m0/s1. The molecule has 1 saturated heterocycles. The highest BCUT2D eigenvalue weighted by Crippen LogP contribution is 2.54. The van der Waals surface area contributed by atoms with E-state index >= 15 is 0 Å². The second-order valence-electron chi connectivity index (χ2n) is 7.81. The lowest BCUT2D eigenvalue weighted by Crippen LogP contribution is -2.47. The number of amides is 2. The Balaban J connectivity index is 2.08. The molecule has 0 spiro atoms. The number of hydrogen-bond donors (Lipinski definition) is 2. The molecule has 0 saturated carbocycles. The summed E-state index contributed by atoms with van der Waals surface area (Å²) >= 11 is 0. The molecule has 3 N–H and O–H groups in total. The van der Waals surface area contributed by atoms with Gasteiger partial charge in [-0.3, -0.25) is 14.6 Å². The molecule has 2 amide bonds. The number of nitrogens with two attached hydrogens (primary N) is 1. The normalized spacial score (nSPS) is 25.0. The highest BCUT2D eigenvalue weighted by molar-refractivity contribution is 5.97. The number of halogens is 5. The first-order valence-corrected chi connectivity index (χ1v) is 9.73. The van der Waals surface area contributed by atoms with Gasteiger partial charge in [0.1, 0.15) is 11.8 Å². The molecular formula is C22H20F5N3O3. The van der Waals surface area contributed by atoms with Crippen LogP contribution >= 0.6 is 0 Å². The van der Waals surface area contributed by atoms with Crippen molar-refractivity contribution in [2.24, 2.45) is 11.7 Å². The Labute approximate surface area is 185 Å². The number of ether oxygens (including phenoxy) is 1. The summed E-state index contributed by atoms with van der Waals surface area (Å²) in [7, 11) is 0. The molecule has 0 aliphatic carbocycles. The molecule has 4 atom stereocenters. The zero-order valence-electron chi connectivity index (χ0n) is 17.5. The number of alkyl halides is 3. The number of anilines is 1. The first kappa shape index (κ1) is 24.3. The number of rotatable bonds is 5. The molecular weight excluding hydrogens is 449 g/mol. The quantitative estimate of drug-likeness (QED) is 0.643. The molecule has 1 fully saturated rings. The molecule has 2 heterocycles. The minimum Gasteiger partial charge on any atom is -0.364 e. The van der Waals surface area contributed by atoms with Crippen molar-refractivity contribution in [1.82, 2.24) is 4.98 Å². The monoisotopic (exact) mass is 469 g/mol. The highest BCUT2D eigenvalue weighted by atomic mass is 19.4. The molecule has 2 aromatic rings. The number of carbonyl (C=O) groups excluding carboxylic acids is 2. The molecule has 0 bridgehead atoms. The number of primary amides is 1. The first-order chi connectivity index (χ1) is 15.3. The summed E-state index contributed by atoms with van der Waals surface area (Å²) in [4.78, 5) is 28.1. The number of carbonyl (C=O) groups is 2. The van der Waals surface area contributed by atoms with Crippen molar-refractivity contribution in [3.8, 4) is 0 Å². The van der Waals surface area contributed by atoms with E-state index in [1.165, 1.54) is 19.2 Å². The Morgan fingerprint density at radius 1 is 1.27 bits per heavy atom. The largest absolute Gasteiger partial charge is 0.417 e. The van der Waals surface area contributed by atoms with Crippen molar-refractivity contribution in [3.63, 3.8) is 0 Å². The Hall–Kier alpha value is -3.34. The van der Waals surface area contributed by atoms with Crippen LogP contribution in [0.25, 0.3) is 6.08 Å². The second-order valence-corrected chi connectivity index (χ2v) is 7.81. The third-order valence-electron chi connectivity index (χ3n) is 5.94. The van der Waals surface area contributed by atoms with Crippen LogP contribution in [-0.4, -0.2) is 34.7 Å². The Morgan fingerprint density at radius 2 is 1.94 bits per heavy atom. The van der Waals surface area contributed by atoms with Crippen molar-refractivity contribution in [3.05, 3.63) is 65.5 Å².